The van der Waals surface area contributed by atoms with Crippen molar-refractivity contribution >= 4 is 19.8 Å². The summed E-state index contributed by atoms with van der Waals surface area (Å²) < 4.78 is 34.4. The summed E-state index contributed by atoms with van der Waals surface area (Å²) in [5.74, 6) is -0.841. The molecule has 0 fully saturated rings. The lowest BCUT2D eigenvalue weighted by molar-refractivity contribution is -0.870. The van der Waals surface area contributed by atoms with Crippen molar-refractivity contribution in [3.05, 3.63) is 48.6 Å². The lowest BCUT2D eigenvalue weighted by Crippen LogP contribution is -2.37. The van der Waals surface area contributed by atoms with Crippen molar-refractivity contribution in [1.29, 1.82) is 0 Å². The zero-order valence-electron chi connectivity index (χ0n) is 40.1. The van der Waals surface area contributed by atoms with Crippen molar-refractivity contribution in [2.75, 3.05) is 47.5 Å². The first-order chi connectivity index (χ1) is 29.5. The highest BCUT2D eigenvalue weighted by molar-refractivity contribution is 7.47. The van der Waals surface area contributed by atoms with Crippen molar-refractivity contribution in [1.82, 2.24) is 0 Å². The van der Waals surface area contributed by atoms with Gasteiger partial charge < -0.3 is 18.9 Å². The number of phosphoric ester groups is 1. The Morgan fingerprint density at radius 3 is 1.39 bits per heavy atom. The number of hydrogen-bond donors (Lipinski definition) is 1. The second-order valence-corrected chi connectivity index (χ2v) is 19.3. The number of nitrogens with zero attached hydrogens (tertiary/aromatic N) is 1. The third-order valence-electron chi connectivity index (χ3n) is 10.6. The fourth-order valence-electron chi connectivity index (χ4n) is 6.77. The zero-order valence-corrected chi connectivity index (χ0v) is 41.0. The van der Waals surface area contributed by atoms with Gasteiger partial charge in [-0.15, -0.1) is 0 Å². The quantitative estimate of drug-likeness (QED) is 0.0212. The van der Waals surface area contributed by atoms with E-state index in [0.29, 0.717) is 17.4 Å². The Bertz CT molecular complexity index is 1180. The van der Waals surface area contributed by atoms with Gasteiger partial charge in [-0.3, -0.25) is 18.6 Å². The van der Waals surface area contributed by atoms with Gasteiger partial charge in [0.25, 0.3) is 0 Å². The monoisotopic (exact) mass is 881 g/mol. The van der Waals surface area contributed by atoms with E-state index < -0.39 is 26.5 Å². The Labute approximate surface area is 375 Å². The van der Waals surface area contributed by atoms with E-state index in [9.17, 15) is 19.0 Å². The van der Waals surface area contributed by atoms with Gasteiger partial charge >= 0.3 is 19.8 Å². The van der Waals surface area contributed by atoms with Crippen LogP contribution in [0, 0.1) is 0 Å². The van der Waals surface area contributed by atoms with Crippen LogP contribution < -0.4 is 0 Å². The van der Waals surface area contributed by atoms with Crippen LogP contribution in [0.2, 0.25) is 0 Å². The molecule has 2 atom stereocenters. The Kier molecular flexibility index (Phi) is 41.8. The largest absolute Gasteiger partial charge is 0.472 e. The smallest absolute Gasteiger partial charge is 0.462 e. The Balaban J connectivity index is 4.25. The molecule has 0 radical (unpaired) electrons. The van der Waals surface area contributed by atoms with E-state index >= 15 is 0 Å². The number of hydrogen-bond acceptors (Lipinski definition) is 7. The van der Waals surface area contributed by atoms with Crippen LogP contribution in [0.15, 0.2) is 48.6 Å². The first kappa shape index (κ1) is 59.0. The van der Waals surface area contributed by atoms with Crippen molar-refractivity contribution in [3.8, 4) is 0 Å². The summed E-state index contributed by atoms with van der Waals surface area (Å²) in [7, 11) is 1.45. The standard InChI is InChI=1S/C51H94NO8P/c1-6-8-10-12-14-16-18-20-22-23-24-25-26-27-28-30-31-33-35-37-39-41-43-50(53)57-47-49(48-59-61(55,56)58-46-45-52(3,4)5)60-51(54)44-42-40-38-36-34-32-29-21-19-17-15-13-11-9-7-2/h9,11,15,17,21,29,34,36,49H,6-8,10,12-14,16,18-20,22-28,30-33,35,37-48H2,1-5H3/p+1/b11-9-,17-15-,29-21-,36-34-. The van der Waals surface area contributed by atoms with Gasteiger partial charge in [0, 0.05) is 12.8 Å². The molecule has 0 aromatic rings. The highest BCUT2D eigenvalue weighted by Crippen LogP contribution is 2.43. The number of phosphoric acid groups is 1. The molecule has 1 N–H and O–H groups in total. The summed E-state index contributed by atoms with van der Waals surface area (Å²) >= 11 is 0. The topological polar surface area (TPSA) is 108 Å². The van der Waals surface area contributed by atoms with Crippen molar-refractivity contribution < 1.29 is 42.1 Å². The summed E-state index contributed by atoms with van der Waals surface area (Å²) in [6.07, 6.45) is 51.8. The molecule has 0 amide bonds. The summed E-state index contributed by atoms with van der Waals surface area (Å²) in [6, 6.07) is 0. The minimum atomic E-state index is -4.39. The molecule has 0 aliphatic rings. The van der Waals surface area contributed by atoms with Crippen LogP contribution in [-0.2, 0) is 32.7 Å². The first-order valence-corrected chi connectivity index (χ1v) is 26.4. The fourth-order valence-corrected chi connectivity index (χ4v) is 7.51. The molecule has 0 aliphatic heterocycles. The number of likely N-dealkylation sites (N-methyl/N-ethyl adjacent to an activating group) is 1. The van der Waals surface area contributed by atoms with Crippen LogP contribution in [0.5, 0.6) is 0 Å². The molecule has 0 aromatic heterocycles. The van der Waals surface area contributed by atoms with Gasteiger partial charge in [-0.25, -0.2) is 4.57 Å². The number of allylic oxidation sites excluding steroid dienone is 8. The first-order valence-electron chi connectivity index (χ1n) is 24.9. The van der Waals surface area contributed by atoms with E-state index in [1.165, 1.54) is 122 Å². The van der Waals surface area contributed by atoms with Crippen LogP contribution >= 0.6 is 7.82 Å². The van der Waals surface area contributed by atoms with Gasteiger partial charge in [-0.05, 0) is 51.4 Å². The number of quaternary nitrogens is 1. The van der Waals surface area contributed by atoms with Crippen LogP contribution in [-0.4, -0.2) is 74.9 Å². The molecule has 9 nitrogen and oxygen atoms in total. The predicted octanol–water partition coefficient (Wildman–Crippen LogP) is 14.6. The highest BCUT2D eigenvalue weighted by Gasteiger charge is 2.27. The summed E-state index contributed by atoms with van der Waals surface area (Å²) in [6.45, 7) is 4.28. The third-order valence-corrected chi connectivity index (χ3v) is 11.6. The molecule has 0 rings (SSSR count). The molecule has 0 bridgehead atoms. The number of carbonyl (C=O) groups excluding carboxylic acids is 2. The zero-order chi connectivity index (χ0) is 45.0. The van der Waals surface area contributed by atoms with Crippen LogP contribution in [0.25, 0.3) is 0 Å². The lowest BCUT2D eigenvalue weighted by Gasteiger charge is -2.24. The molecule has 356 valence electrons. The van der Waals surface area contributed by atoms with Gasteiger partial charge in [0.1, 0.15) is 19.8 Å². The maximum absolute atomic E-state index is 12.7. The molecule has 0 saturated heterocycles. The Hall–Kier alpha value is -2.03. The predicted molar refractivity (Wildman–Crippen MR) is 257 cm³/mol. The minimum Gasteiger partial charge on any atom is -0.462 e. The van der Waals surface area contributed by atoms with Crippen molar-refractivity contribution in [3.63, 3.8) is 0 Å². The van der Waals surface area contributed by atoms with Gasteiger partial charge in [-0.1, -0.05) is 197 Å². The summed E-state index contributed by atoms with van der Waals surface area (Å²) in [4.78, 5) is 35.5. The van der Waals surface area contributed by atoms with E-state index in [-0.39, 0.29) is 32.0 Å². The molecule has 10 heteroatoms. The highest BCUT2D eigenvalue weighted by atomic mass is 31.2. The number of rotatable bonds is 45. The number of carbonyl (C=O) groups is 2. The van der Waals surface area contributed by atoms with E-state index in [4.69, 9.17) is 18.5 Å². The average molecular weight is 881 g/mol. The third kappa shape index (κ3) is 47.3. The summed E-state index contributed by atoms with van der Waals surface area (Å²) in [5.41, 5.74) is 0. The normalized spacial score (nSPS) is 13.9. The Morgan fingerprint density at radius 1 is 0.525 bits per heavy atom. The molecular weight excluding hydrogens is 786 g/mol. The van der Waals surface area contributed by atoms with Gasteiger partial charge in [0.15, 0.2) is 6.10 Å². The molecule has 0 saturated carbocycles. The number of ether oxygens (including phenoxy) is 2. The molecule has 0 spiro atoms. The number of unbranched alkanes of at least 4 members (excludes halogenated alkanes) is 23. The van der Waals surface area contributed by atoms with E-state index in [2.05, 4.69) is 62.5 Å². The van der Waals surface area contributed by atoms with Crippen LogP contribution in [0.1, 0.15) is 213 Å². The molecule has 61 heavy (non-hydrogen) atoms. The Morgan fingerprint density at radius 2 is 0.934 bits per heavy atom. The molecule has 2 unspecified atom stereocenters. The number of esters is 2. The minimum absolute atomic E-state index is 0.0233. The van der Waals surface area contributed by atoms with Crippen LogP contribution in [0.3, 0.4) is 0 Å². The second kappa shape index (κ2) is 43.2. The van der Waals surface area contributed by atoms with Crippen molar-refractivity contribution in [2.24, 2.45) is 0 Å². The maximum atomic E-state index is 12.7. The van der Waals surface area contributed by atoms with E-state index in [1.54, 1.807) is 0 Å². The summed E-state index contributed by atoms with van der Waals surface area (Å²) in [5, 5.41) is 0. The maximum Gasteiger partial charge on any atom is 0.472 e. The lowest BCUT2D eigenvalue weighted by atomic mass is 10.0. The molecular formula is C51H95NO8P+. The van der Waals surface area contributed by atoms with Crippen LogP contribution in [0.4, 0.5) is 0 Å². The van der Waals surface area contributed by atoms with Gasteiger partial charge in [0.05, 0.1) is 27.7 Å². The molecule has 0 heterocycles. The van der Waals surface area contributed by atoms with Crippen molar-refractivity contribution in [2.45, 2.75) is 219 Å². The second-order valence-electron chi connectivity index (χ2n) is 17.8. The van der Waals surface area contributed by atoms with Gasteiger partial charge in [-0.2, -0.15) is 0 Å². The molecule has 0 aliphatic carbocycles. The average Bonchev–Trinajstić information content (AvgIpc) is 3.21. The van der Waals surface area contributed by atoms with E-state index in [0.717, 1.165) is 57.8 Å². The SMILES string of the molecule is CC/C=C\C/C=C\C/C=C\C/C=C\CCCCC(=O)OC(COC(=O)CCCCCCCCCCCCCCCCCCCCCCCC)COP(=O)(O)OCC[N+](C)(C)C. The molecule has 0 aromatic carbocycles. The fraction of sp³-hybridized carbons (Fsp3) is 0.804. The van der Waals surface area contributed by atoms with Gasteiger partial charge in [0.2, 0.25) is 0 Å². The van der Waals surface area contributed by atoms with E-state index in [1.807, 2.05) is 21.1 Å².